The zero-order valence-corrected chi connectivity index (χ0v) is 11.3. The van der Waals surface area contributed by atoms with Crippen molar-refractivity contribution >= 4 is 34.1 Å². The lowest BCUT2D eigenvalue weighted by Crippen LogP contribution is -2.32. The van der Waals surface area contributed by atoms with Crippen molar-refractivity contribution in [3.63, 3.8) is 0 Å². The summed E-state index contributed by atoms with van der Waals surface area (Å²) in [5.74, 6) is 0. The maximum Gasteiger partial charge on any atom is 0.261 e. The number of hydrogen-bond donors (Lipinski definition) is 1. The minimum atomic E-state index is -1.01. The Morgan fingerprint density at radius 3 is 2.72 bits per heavy atom. The summed E-state index contributed by atoms with van der Waals surface area (Å²) in [5, 5.41) is 10.2. The quantitative estimate of drug-likeness (QED) is 0.857. The molecule has 2 aromatic rings. The maximum atomic E-state index is 12.2. The van der Waals surface area contributed by atoms with Gasteiger partial charge in [-0.15, -0.1) is 0 Å². The lowest BCUT2D eigenvalue weighted by Gasteiger charge is -2.18. The SMILES string of the molecule is CC(C)(O)Cn1cnc2c(Cl)nc(Cl)cc2c1=O. The Morgan fingerprint density at radius 2 is 2.11 bits per heavy atom. The molecular formula is C11H11Cl2N3O2. The van der Waals surface area contributed by atoms with Crippen LogP contribution in [-0.4, -0.2) is 25.2 Å². The van der Waals surface area contributed by atoms with Gasteiger partial charge in [0, 0.05) is 0 Å². The number of aliphatic hydroxyl groups is 1. The zero-order chi connectivity index (χ0) is 13.5. The number of halogens is 2. The molecule has 0 atom stereocenters. The van der Waals surface area contributed by atoms with E-state index in [2.05, 4.69) is 9.97 Å². The summed E-state index contributed by atoms with van der Waals surface area (Å²) in [7, 11) is 0. The number of aromatic nitrogens is 3. The topological polar surface area (TPSA) is 68.0 Å². The Kier molecular flexibility index (Phi) is 3.31. The van der Waals surface area contributed by atoms with E-state index in [1.807, 2.05) is 0 Å². The molecule has 0 saturated carbocycles. The van der Waals surface area contributed by atoms with Crippen LogP contribution in [0, 0.1) is 0 Å². The van der Waals surface area contributed by atoms with Gasteiger partial charge in [0.25, 0.3) is 5.56 Å². The molecule has 0 amide bonds. The standard InChI is InChI=1S/C11H11Cl2N3O2/c1-11(2,18)4-16-5-14-8-6(10(16)17)3-7(12)15-9(8)13/h3,5,18H,4H2,1-2H3. The molecule has 1 N–H and O–H groups in total. The third kappa shape index (κ3) is 2.63. The van der Waals surface area contributed by atoms with Gasteiger partial charge in [-0.05, 0) is 19.9 Å². The largest absolute Gasteiger partial charge is 0.389 e. The van der Waals surface area contributed by atoms with E-state index < -0.39 is 5.60 Å². The molecule has 18 heavy (non-hydrogen) atoms. The average molecular weight is 288 g/mol. The fourth-order valence-electron chi connectivity index (χ4n) is 1.63. The van der Waals surface area contributed by atoms with E-state index in [0.29, 0.717) is 5.52 Å². The molecule has 0 aliphatic rings. The summed E-state index contributed by atoms with van der Waals surface area (Å²) < 4.78 is 1.31. The highest BCUT2D eigenvalue weighted by Gasteiger charge is 2.16. The first-order valence-electron chi connectivity index (χ1n) is 5.21. The Labute approximate surface area is 113 Å². The van der Waals surface area contributed by atoms with Gasteiger partial charge in [0.1, 0.15) is 10.7 Å². The smallest absolute Gasteiger partial charge is 0.261 e. The van der Waals surface area contributed by atoms with E-state index in [4.69, 9.17) is 23.2 Å². The molecule has 0 radical (unpaired) electrons. The number of fused-ring (bicyclic) bond motifs is 1. The van der Waals surface area contributed by atoms with Gasteiger partial charge in [0.2, 0.25) is 0 Å². The van der Waals surface area contributed by atoms with Gasteiger partial charge in [-0.25, -0.2) is 9.97 Å². The van der Waals surface area contributed by atoms with E-state index in [1.54, 1.807) is 13.8 Å². The molecule has 2 heterocycles. The Bertz CT molecular complexity index is 662. The lowest BCUT2D eigenvalue weighted by molar-refractivity contribution is 0.0603. The van der Waals surface area contributed by atoms with Crippen LogP contribution in [0.25, 0.3) is 10.9 Å². The van der Waals surface area contributed by atoms with E-state index in [0.717, 1.165) is 0 Å². The van der Waals surface area contributed by atoms with Crippen molar-refractivity contribution in [2.24, 2.45) is 0 Å². The van der Waals surface area contributed by atoms with Crippen LogP contribution < -0.4 is 5.56 Å². The van der Waals surface area contributed by atoms with E-state index in [-0.39, 0.29) is 27.8 Å². The second kappa shape index (κ2) is 4.50. The van der Waals surface area contributed by atoms with Crippen LogP contribution in [0.2, 0.25) is 10.3 Å². The summed E-state index contributed by atoms with van der Waals surface area (Å²) in [6.45, 7) is 3.35. The molecular weight excluding hydrogens is 277 g/mol. The number of hydrogen-bond acceptors (Lipinski definition) is 4. The fourth-order valence-corrected chi connectivity index (χ4v) is 2.11. The van der Waals surface area contributed by atoms with Crippen molar-refractivity contribution in [2.45, 2.75) is 26.0 Å². The van der Waals surface area contributed by atoms with E-state index >= 15 is 0 Å². The van der Waals surface area contributed by atoms with Crippen LogP contribution in [0.3, 0.4) is 0 Å². The van der Waals surface area contributed by atoms with Crippen LogP contribution in [0.4, 0.5) is 0 Å². The summed E-state index contributed by atoms with van der Waals surface area (Å²) >= 11 is 11.6. The predicted octanol–water partition coefficient (Wildman–Crippen LogP) is 1.87. The summed E-state index contributed by atoms with van der Waals surface area (Å²) in [5.41, 5.74) is -1.02. The van der Waals surface area contributed by atoms with Gasteiger partial charge in [0.05, 0.1) is 23.9 Å². The van der Waals surface area contributed by atoms with Gasteiger partial charge < -0.3 is 5.11 Å². The van der Waals surface area contributed by atoms with E-state index in [9.17, 15) is 9.90 Å². The van der Waals surface area contributed by atoms with Crippen LogP contribution in [0.5, 0.6) is 0 Å². The first kappa shape index (κ1) is 13.3. The van der Waals surface area contributed by atoms with Crippen LogP contribution in [0.15, 0.2) is 17.2 Å². The second-order valence-corrected chi connectivity index (χ2v) is 5.37. The summed E-state index contributed by atoms with van der Waals surface area (Å²) in [4.78, 5) is 20.1. The minimum Gasteiger partial charge on any atom is -0.389 e. The molecule has 0 aromatic carbocycles. The molecule has 2 aromatic heterocycles. The molecule has 0 fully saturated rings. The lowest BCUT2D eigenvalue weighted by atomic mass is 10.1. The van der Waals surface area contributed by atoms with E-state index in [1.165, 1.54) is 17.0 Å². The fraction of sp³-hybridized carbons (Fsp3) is 0.364. The molecule has 96 valence electrons. The second-order valence-electron chi connectivity index (χ2n) is 4.62. The van der Waals surface area contributed by atoms with Gasteiger partial charge >= 0.3 is 0 Å². The van der Waals surface area contributed by atoms with Crippen molar-refractivity contribution < 1.29 is 5.11 Å². The molecule has 0 spiro atoms. The zero-order valence-electron chi connectivity index (χ0n) is 9.81. The highest BCUT2D eigenvalue weighted by atomic mass is 35.5. The van der Waals surface area contributed by atoms with Gasteiger partial charge in [0.15, 0.2) is 5.15 Å². The summed E-state index contributed by atoms with van der Waals surface area (Å²) in [6.07, 6.45) is 1.34. The summed E-state index contributed by atoms with van der Waals surface area (Å²) in [6, 6.07) is 1.42. The molecule has 7 heteroatoms. The third-order valence-corrected chi connectivity index (χ3v) is 2.75. The Balaban J connectivity index is 2.68. The molecule has 0 saturated heterocycles. The monoisotopic (exact) mass is 287 g/mol. The molecule has 2 rings (SSSR count). The number of nitrogens with zero attached hydrogens (tertiary/aromatic N) is 3. The normalized spacial score (nSPS) is 12.1. The highest BCUT2D eigenvalue weighted by Crippen LogP contribution is 2.20. The minimum absolute atomic E-state index is 0.0880. The third-order valence-electron chi connectivity index (χ3n) is 2.29. The van der Waals surface area contributed by atoms with Crippen LogP contribution in [-0.2, 0) is 6.54 Å². The average Bonchev–Trinajstić information content (AvgIpc) is 2.21. The van der Waals surface area contributed by atoms with Crippen molar-refractivity contribution in [1.29, 1.82) is 0 Å². The van der Waals surface area contributed by atoms with Crippen LogP contribution >= 0.6 is 23.2 Å². The van der Waals surface area contributed by atoms with Gasteiger partial charge in [-0.2, -0.15) is 0 Å². The van der Waals surface area contributed by atoms with Crippen molar-refractivity contribution in [3.8, 4) is 0 Å². The van der Waals surface area contributed by atoms with Crippen molar-refractivity contribution in [3.05, 3.63) is 33.1 Å². The first-order chi connectivity index (χ1) is 8.28. The van der Waals surface area contributed by atoms with Crippen molar-refractivity contribution in [2.75, 3.05) is 0 Å². The predicted molar refractivity (Wildman–Crippen MR) is 70.1 cm³/mol. The Hall–Kier alpha value is -1.17. The van der Waals surface area contributed by atoms with Crippen molar-refractivity contribution in [1.82, 2.24) is 14.5 Å². The maximum absolute atomic E-state index is 12.2. The molecule has 0 unspecified atom stereocenters. The Morgan fingerprint density at radius 1 is 1.44 bits per heavy atom. The highest BCUT2D eigenvalue weighted by molar-refractivity contribution is 6.36. The molecule has 0 bridgehead atoms. The molecule has 5 nitrogen and oxygen atoms in total. The number of rotatable bonds is 2. The first-order valence-corrected chi connectivity index (χ1v) is 5.97. The van der Waals surface area contributed by atoms with Gasteiger partial charge in [-0.3, -0.25) is 9.36 Å². The van der Waals surface area contributed by atoms with Gasteiger partial charge in [-0.1, -0.05) is 23.2 Å². The number of pyridine rings is 1. The van der Waals surface area contributed by atoms with Crippen LogP contribution in [0.1, 0.15) is 13.8 Å². The molecule has 0 aliphatic heterocycles. The molecule has 0 aliphatic carbocycles.